The maximum absolute atomic E-state index is 12.4. The summed E-state index contributed by atoms with van der Waals surface area (Å²) in [7, 11) is 0. The maximum atomic E-state index is 12.4. The third kappa shape index (κ3) is 2.98. The summed E-state index contributed by atoms with van der Waals surface area (Å²) in [6.07, 6.45) is 6.08. The predicted molar refractivity (Wildman–Crippen MR) is 84.2 cm³/mol. The highest BCUT2D eigenvalue weighted by atomic mass is 35.5. The minimum absolute atomic E-state index is 0.0588. The molecule has 1 aliphatic heterocycles. The molecule has 2 aromatic rings. The molecule has 1 aromatic heterocycles. The lowest BCUT2D eigenvalue weighted by Crippen LogP contribution is -2.34. The molecule has 3 nitrogen and oxygen atoms in total. The van der Waals surface area contributed by atoms with E-state index in [1.165, 1.54) is 17.3 Å². The van der Waals surface area contributed by atoms with Crippen molar-refractivity contribution in [1.82, 2.24) is 9.88 Å². The summed E-state index contributed by atoms with van der Waals surface area (Å²) >= 11 is 6.06. The third-order valence-corrected chi connectivity index (χ3v) is 3.97. The fourth-order valence-electron chi connectivity index (χ4n) is 2.47. The number of amides is 1. The van der Waals surface area contributed by atoms with Crippen molar-refractivity contribution < 1.29 is 4.79 Å². The quantitative estimate of drug-likeness (QED) is 0.847. The van der Waals surface area contributed by atoms with Crippen LogP contribution in [-0.2, 0) is 0 Å². The Balaban J connectivity index is 1.75. The zero-order valence-corrected chi connectivity index (χ0v) is 12.3. The fourth-order valence-corrected chi connectivity index (χ4v) is 2.66. The predicted octanol–water partition coefficient (Wildman–Crippen LogP) is 3.66. The van der Waals surface area contributed by atoms with E-state index in [-0.39, 0.29) is 5.91 Å². The van der Waals surface area contributed by atoms with E-state index in [0.29, 0.717) is 23.7 Å². The molecule has 0 bridgehead atoms. The number of aromatic nitrogens is 1. The van der Waals surface area contributed by atoms with Crippen molar-refractivity contribution in [2.75, 3.05) is 13.1 Å². The van der Waals surface area contributed by atoms with Crippen LogP contribution in [0.3, 0.4) is 0 Å². The lowest BCUT2D eigenvalue weighted by Gasteiger charge is -2.27. The van der Waals surface area contributed by atoms with Crippen molar-refractivity contribution in [2.24, 2.45) is 0 Å². The van der Waals surface area contributed by atoms with E-state index in [1.54, 1.807) is 17.2 Å². The standard InChI is InChI=1S/C17H15ClN2O/c18-16-6-9-19-12-15(16)17(21)20-10-7-14(8-11-20)13-4-2-1-3-5-13/h1-7,9,12H,8,10-11H2. The largest absolute Gasteiger partial charge is 0.334 e. The van der Waals surface area contributed by atoms with Gasteiger partial charge in [-0.1, -0.05) is 48.0 Å². The second-order valence-corrected chi connectivity index (χ2v) is 5.36. The number of hydrogen-bond donors (Lipinski definition) is 0. The Morgan fingerprint density at radius 1 is 1.19 bits per heavy atom. The molecule has 0 N–H and O–H groups in total. The van der Waals surface area contributed by atoms with Gasteiger partial charge in [-0.3, -0.25) is 9.78 Å². The lowest BCUT2D eigenvalue weighted by atomic mass is 9.99. The fraction of sp³-hybridized carbons (Fsp3) is 0.176. The molecular formula is C17H15ClN2O. The maximum Gasteiger partial charge on any atom is 0.257 e. The van der Waals surface area contributed by atoms with Crippen molar-refractivity contribution >= 4 is 23.1 Å². The van der Waals surface area contributed by atoms with Crippen molar-refractivity contribution in [3.8, 4) is 0 Å². The number of carbonyl (C=O) groups is 1. The molecule has 1 aliphatic rings. The van der Waals surface area contributed by atoms with Crippen LogP contribution in [0.2, 0.25) is 5.02 Å². The Bertz CT molecular complexity index is 682. The minimum atomic E-state index is -0.0588. The molecule has 106 valence electrons. The molecule has 0 saturated carbocycles. The van der Waals surface area contributed by atoms with E-state index in [4.69, 9.17) is 11.6 Å². The molecule has 0 saturated heterocycles. The summed E-state index contributed by atoms with van der Waals surface area (Å²) in [5, 5.41) is 0.452. The SMILES string of the molecule is O=C(c1cnccc1Cl)N1CC=C(c2ccccc2)CC1. The highest BCUT2D eigenvalue weighted by Gasteiger charge is 2.21. The van der Waals surface area contributed by atoms with Crippen LogP contribution in [0.4, 0.5) is 0 Å². The third-order valence-electron chi connectivity index (χ3n) is 3.64. The summed E-state index contributed by atoms with van der Waals surface area (Å²) < 4.78 is 0. The first-order chi connectivity index (χ1) is 10.3. The molecule has 4 heteroatoms. The second-order valence-electron chi connectivity index (χ2n) is 4.95. The van der Waals surface area contributed by atoms with Gasteiger partial charge in [0.15, 0.2) is 0 Å². The van der Waals surface area contributed by atoms with Crippen molar-refractivity contribution in [3.63, 3.8) is 0 Å². The van der Waals surface area contributed by atoms with Crippen LogP contribution in [0.1, 0.15) is 22.3 Å². The Labute approximate surface area is 128 Å². The van der Waals surface area contributed by atoms with E-state index in [0.717, 1.165) is 6.42 Å². The highest BCUT2D eigenvalue weighted by Crippen LogP contribution is 2.24. The molecule has 21 heavy (non-hydrogen) atoms. The number of benzene rings is 1. The van der Waals surface area contributed by atoms with Crippen LogP contribution in [0.15, 0.2) is 54.9 Å². The zero-order chi connectivity index (χ0) is 14.7. The Kier molecular flexibility index (Phi) is 4.02. The summed E-state index contributed by atoms with van der Waals surface area (Å²) in [6, 6.07) is 11.9. The second kappa shape index (κ2) is 6.10. The topological polar surface area (TPSA) is 33.2 Å². The molecule has 0 unspecified atom stereocenters. The first kappa shape index (κ1) is 13.8. The van der Waals surface area contributed by atoms with Gasteiger partial charge in [-0.05, 0) is 23.6 Å². The molecule has 0 atom stereocenters. The molecule has 0 radical (unpaired) electrons. The van der Waals surface area contributed by atoms with Gasteiger partial charge in [-0.15, -0.1) is 0 Å². The van der Waals surface area contributed by atoms with E-state index in [9.17, 15) is 4.79 Å². The van der Waals surface area contributed by atoms with Gasteiger partial charge in [0.2, 0.25) is 0 Å². The van der Waals surface area contributed by atoms with Gasteiger partial charge in [-0.25, -0.2) is 0 Å². The molecular weight excluding hydrogens is 284 g/mol. The molecule has 1 aromatic carbocycles. The van der Waals surface area contributed by atoms with Crippen LogP contribution >= 0.6 is 11.6 Å². The van der Waals surface area contributed by atoms with E-state index < -0.39 is 0 Å². The molecule has 1 amide bonds. The van der Waals surface area contributed by atoms with E-state index in [2.05, 4.69) is 23.2 Å². The van der Waals surface area contributed by atoms with Crippen LogP contribution in [-0.4, -0.2) is 28.9 Å². The number of pyridine rings is 1. The van der Waals surface area contributed by atoms with Crippen molar-refractivity contribution in [1.29, 1.82) is 0 Å². The molecule has 0 spiro atoms. The van der Waals surface area contributed by atoms with Gasteiger partial charge in [0, 0.05) is 25.5 Å². The number of nitrogens with zero attached hydrogens (tertiary/aromatic N) is 2. The summed E-state index contributed by atoms with van der Waals surface area (Å²) in [4.78, 5) is 18.2. The van der Waals surface area contributed by atoms with E-state index in [1.807, 2.05) is 18.2 Å². The van der Waals surface area contributed by atoms with Gasteiger partial charge in [0.05, 0.1) is 10.6 Å². The number of carbonyl (C=O) groups excluding carboxylic acids is 1. The average Bonchev–Trinajstić information content (AvgIpc) is 2.56. The average molecular weight is 299 g/mol. The molecule has 0 fully saturated rings. The van der Waals surface area contributed by atoms with Gasteiger partial charge in [-0.2, -0.15) is 0 Å². The van der Waals surface area contributed by atoms with Gasteiger partial charge in [0.25, 0.3) is 5.91 Å². The smallest absolute Gasteiger partial charge is 0.257 e. The van der Waals surface area contributed by atoms with Gasteiger partial charge < -0.3 is 4.90 Å². The monoisotopic (exact) mass is 298 g/mol. The molecule has 2 heterocycles. The van der Waals surface area contributed by atoms with E-state index >= 15 is 0 Å². The summed E-state index contributed by atoms with van der Waals surface area (Å²) in [5.74, 6) is -0.0588. The Hall–Kier alpha value is -2.13. The zero-order valence-electron chi connectivity index (χ0n) is 11.5. The summed E-state index contributed by atoms with van der Waals surface area (Å²) in [6.45, 7) is 1.30. The van der Waals surface area contributed by atoms with Gasteiger partial charge in [0.1, 0.15) is 0 Å². The Morgan fingerprint density at radius 3 is 2.67 bits per heavy atom. The van der Waals surface area contributed by atoms with Crippen molar-refractivity contribution in [2.45, 2.75) is 6.42 Å². The first-order valence-corrected chi connectivity index (χ1v) is 7.27. The normalized spacial score (nSPS) is 14.7. The van der Waals surface area contributed by atoms with Crippen LogP contribution in [0, 0.1) is 0 Å². The Morgan fingerprint density at radius 2 is 2.00 bits per heavy atom. The summed E-state index contributed by atoms with van der Waals surface area (Å²) in [5.41, 5.74) is 2.98. The molecule has 3 rings (SSSR count). The van der Waals surface area contributed by atoms with Gasteiger partial charge >= 0.3 is 0 Å². The number of halogens is 1. The molecule has 0 aliphatic carbocycles. The van der Waals surface area contributed by atoms with Crippen LogP contribution in [0.25, 0.3) is 5.57 Å². The number of hydrogen-bond acceptors (Lipinski definition) is 2. The minimum Gasteiger partial charge on any atom is -0.334 e. The highest BCUT2D eigenvalue weighted by molar-refractivity contribution is 6.33. The lowest BCUT2D eigenvalue weighted by molar-refractivity contribution is 0.0772. The van der Waals surface area contributed by atoms with Crippen molar-refractivity contribution in [3.05, 3.63) is 71.0 Å². The number of rotatable bonds is 2. The van der Waals surface area contributed by atoms with Crippen LogP contribution < -0.4 is 0 Å². The van der Waals surface area contributed by atoms with Crippen LogP contribution in [0.5, 0.6) is 0 Å². The first-order valence-electron chi connectivity index (χ1n) is 6.89.